The smallest absolute Gasteiger partial charge is 0.0141 e. The van der Waals surface area contributed by atoms with E-state index in [1.54, 1.807) is 0 Å². The van der Waals surface area contributed by atoms with Gasteiger partial charge in [-0.15, -0.1) is 12.4 Å². The average molecular weight is 412 g/mol. The Morgan fingerprint density at radius 3 is 1.30 bits per heavy atom. The molecule has 4 aromatic rings. The molecule has 0 bridgehead atoms. The molecule has 0 radical (unpaired) electrons. The lowest BCUT2D eigenvalue weighted by molar-refractivity contribution is 0.920. The third kappa shape index (κ3) is 5.07. The molecule has 0 saturated heterocycles. The summed E-state index contributed by atoms with van der Waals surface area (Å²) >= 11 is 0. The van der Waals surface area contributed by atoms with Crippen LogP contribution in [0.15, 0.2) is 115 Å². The van der Waals surface area contributed by atoms with Gasteiger partial charge in [-0.1, -0.05) is 115 Å². The number of benzene rings is 4. The fourth-order valence-electron chi connectivity index (χ4n) is 3.55. The SMILES string of the molecule is CNCC=C(c1ccc(-c2ccccc2)cc1)c1ccc(-c2ccccc2)cc1.Cl. The van der Waals surface area contributed by atoms with Crippen LogP contribution >= 0.6 is 12.4 Å². The van der Waals surface area contributed by atoms with Crippen molar-refractivity contribution in [1.82, 2.24) is 5.32 Å². The number of rotatable bonds is 6. The maximum atomic E-state index is 3.24. The van der Waals surface area contributed by atoms with Gasteiger partial charge in [0.25, 0.3) is 0 Å². The Labute approximate surface area is 185 Å². The number of nitrogens with one attached hydrogen (secondary N) is 1. The van der Waals surface area contributed by atoms with Gasteiger partial charge in [-0.25, -0.2) is 0 Å². The summed E-state index contributed by atoms with van der Waals surface area (Å²) in [4.78, 5) is 0. The fourth-order valence-corrected chi connectivity index (χ4v) is 3.55. The van der Waals surface area contributed by atoms with Crippen LogP contribution in [-0.2, 0) is 0 Å². The minimum Gasteiger partial charge on any atom is -0.316 e. The Morgan fingerprint density at radius 2 is 0.933 bits per heavy atom. The quantitative estimate of drug-likeness (QED) is 0.357. The Balaban J connectivity index is 0.00000256. The molecule has 0 saturated carbocycles. The van der Waals surface area contributed by atoms with Crippen molar-refractivity contribution in [3.8, 4) is 22.3 Å². The largest absolute Gasteiger partial charge is 0.316 e. The second kappa shape index (κ2) is 10.6. The summed E-state index contributed by atoms with van der Waals surface area (Å²) in [7, 11) is 1.98. The molecule has 0 unspecified atom stereocenters. The third-order valence-electron chi connectivity index (χ3n) is 5.12. The molecule has 0 aliphatic carbocycles. The second-order valence-electron chi connectivity index (χ2n) is 7.06. The van der Waals surface area contributed by atoms with Crippen LogP contribution in [0.2, 0.25) is 0 Å². The van der Waals surface area contributed by atoms with E-state index < -0.39 is 0 Å². The highest BCUT2D eigenvalue weighted by molar-refractivity contribution is 5.85. The Morgan fingerprint density at radius 1 is 0.567 bits per heavy atom. The van der Waals surface area contributed by atoms with Crippen molar-refractivity contribution in [2.45, 2.75) is 0 Å². The molecule has 0 spiro atoms. The van der Waals surface area contributed by atoms with Crippen LogP contribution in [0.4, 0.5) is 0 Å². The molecule has 0 aliphatic rings. The van der Waals surface area contributed by atoms with Crippen molar-refractivity contribution < 1.29 is 0 Å². The highest BCUT2D eigenvalue weighted by Gasteiger charge is 2.07. The summed E-state index contributed by atoms with van der Waals surface area (Å²) in [6.07, 6.45) is 2.26. The van der Waals surface area contributed by atoms with Crippen molar-refractivity contribution in [3.63, 3.8) is 0 Å². The zero-order valence-corrected chi connectivity index (χ0v) is 17.9. The zero-order valence-electron chi connectivity index (χ0n) is 17.1. The van der Waals surface area contributed by atoms with Crippen LogP contribution in [0.25, 0.3) is 27.8 Å². The van der Waals surface area contributed by atoms with E-state index in [0.717, 1.165) is 6.54 Å². The lowest BCUT2D eigenvalue weighted by atomic mass is 9.94. The molecule has 30 heavy (non-hydrogen) atoms. The normalized spacial score (nSPS) is 10.2. The number of hydrogen-bond acceptors (Lipinski definition) is 1. The van der Waals surface area contributed by atoms with E-state index in [0.29, 0.717) is 0 Å². The summed E-state index contributed by atoms with van der Waals surface area (Å²) < 4.78 is 0. The summed E-state index contributed by atoms with van der Waals surface area (Å²) in [6, 6.07) is 38.7. The summed E-state index contributed by atoms with van der Waals surface area (Å²) in [5.74, 6) is 0. The van der Waals surface area contributed by atoms with Crippen molar-refractivity contribution >= 4 is 18.0 Å². The molecular formula is C28H26ClN. The molecule has 0 fully saturated rings. The van der Waals surface area contributed by atoms with Crippen LogP contribution in [0.5, 0.6) is 0 Å². The first-order valence-electron chi connectivity index (χ1n) is 10.0. The monoisotopic (exact) mass is 411 g/mol. The molecule has 150 valence electrons. The maximum absolute atomic E-state index is 3.24. The molecule has 0 heterocycles. The standard InChI is InChI=1S/C28H25N.ClH/c1-29-21-20-28(26-16-12-24(13-17-26)22-8-4-2-5-9-22)27-18-14-25(15-19-27)23-10-6-3-7-11-23;/h2-20,29H,21H2,1H3;1H. The van der Waals surface area contributed by atoms with Crippen molar-refractivity contribution in [2.24, 2.45) is 0 Å². The summed E-state index contributed by atoms with van der Waals surface area (Å²) in [5.41, 5.74) is 8.67. The summed E-state index contributed by atoms with van der Waals surface area (Å²) in [6.45, 7) is 0.830. The highest BCUT2D eigenvalue weighted by atomic mass is 35.5. The van der Waals surface area contributed by atoms with Crippen molar-refractivity contribution in [2.75, 3.05) is 13.6 Å². The zero-order chi connectivity index (χ0) is 19.9. The predicted molar refractivity (Wildman–Crippen MR) is 132 cm³/mol. The Kier molecular flexibility index (Phi) is 7.62. The first kappa shape index (κ1) is 21.6. The molecule has 2 heteroatoms. The first-order chi connectivity index (χ1) is 14.3. The first-order valence-corrected chi connectivity index (χ1v) is 10.0. The fraction of sp³-hybridized carbons (Fsp3) is 0.0714. The molecule has 1 nitrogen and oxygen atoms in total. The van der Waals surface area contributed by atoms with E-state index in [1.807, 2.05) is 7.05 Å². The molecule has 4 rings (SSSR count). The van der Waals surface area contributed by atoms with E-state index in [-0.39, 0.29) is 12.4 Å². The van der Waals surface area contributed by atoms with E-state index in [1.165, 1.54) is 39.0 Å². The Bertz CT molecular complexity index is 982. The molecule has 0 amide bonds. The number of likely N-dealkylation sites (N-methyl/N-ethyl adjacent to an activating group) is 1. The van der Waals surface area contributed by atoms with E-state index in [2.05, 4.69) is 121 Å². The van der Waals surface area contributed by atoms with Gasteiger partial charge in [-0.05, 0) is 46.0 Å². The van der Waals surface area contributed by atoms with Crippen LogP contribution in [0.3, 0.4) is 0 Å². The van der Waals surface area contributed by atoms with Gasteiger partial charge in [0.15, 0.2) is 0 Å². The van der Waals surface area contributed by atoms with Gasteiger partial charge in [0.2, 0.25) is 0 Å². The van der Waals surface area contributed by atoms with Gasteiger partial charge in [-0.3, -0.25) is 0 Å². The molecule has 0 aliphatic heterocycles. The molecule has 0 aromatic heterocycles. The lowest BCUT2D eigenvalue weighted by Crippen LogP contribution is -2.05. The van der Waals surface area contributed by atoms with Crippen LogP contribution < -0.4 is 5.32 Å². The van der Waals surface area contributed by atoms with E-state index in [9.17, 15) is 0 Å². The topological polar surface area (TPSA) is 12.0 Å². The van der Waals surface area contributed by atoms with Crippen molar-refractivity contribution in [3.05, 3.63) is 126 Å². The molecule has 1 N–H and O–H groups in total. The lowest BCUT2D eigenvalue weighted by Gasteiger charge is -2.11. The van der Waals surface area contributed by atoms with Crippen molar-refractivity contribution in [1.29, 1.82) is 0 Å². The minimum absolute atomic E-state index is 0. The number of hydrogen-bond donors (Lipinski definition) is 1. The van der Waals surface area contributed by atoms with Gasteiger partial charge >= 0.3 is 0 Å². The number of halogens is 1. The van der Waals surface area contributed by atoms with Gasteiger partial charge < -0.3 is 5.32 Å². The van der Waals surface area contributed by atoms with Gasteiger partial charge in [0.05, 0.1) is 0 Å². The van der Waals surface area contributed by atoms with Gasteiger partial charge in [0, 0.05) is 6.54 Å². The maximum Gasteiger partial charge on any atom is 0.0141 e. The average Bonchev–Trinajstić information content (AvgIpc) is 2.81. The molecule has 4 aromatic carbocycles. The minimum atomic E-state index is 0. The third-order valence-corrected chi connectivity index (χ3v) is 5.12. The van der Waals surface area contributed by atoms with Crippen LogP contribution in [0.1, 0.15) is 11.1 Å². The van der Waals surface area contributed by atoms with Crippen LogP contribution in [0, 0.1) is 0 Å². The van der Waals surface area contributed by atoms with Gasteiger partial charge in [0.1, 0.15) is 0 Å². The van der Waals surface area contributed by atoms with Gasteiger partial charge in [-0.2, -0.15) is 0 Å². The second-order valence-corrected chi connectivity index (χ2v) is 7.06. The summed E-state index contributed by atoms with van der Waals surface area (Å²) in [5, 5.41) is 3.24. The molecule has 0 atom stereocenters. The van der Waals surface area contributed by atoms with Crippen LogP contribution in [-0.4, -0.2) is 13.6 Å². The highest BCUT2D eigenvalue weighted by Crippen LogP contribution is 2.28. The predicted octanol–water partition coefficient (Wildman–Crippen LogP) is 7.09. The van der Waals surface area contributed by atoms with E-state index in [4.69, 9.17) is 0 Å². The van der Waals surface area contributed by atoms with E-state index >= 15 is 0 Å². The Hall–Kier alpha value is -3.13. The molecular weight excluding hydrogens is 386 g/mol.